The number of H-pyrrole nitrogens is 1. The van der Waals surface area contributed by atoms with E-state index in [2.05, 4.69) is 15.0 Å². The van der Waals surface area contributed by atoms with Crippen molar-refractivity contribution in [1.82, 2.24) is 29.0 Å². The molecular formula is C24H34N6O5S. The Morgan fingerprint density at radius 1 is 1.28 bits per heavy atom. The number of nitrogens with one attached hydrogen (secondary N) is 1. The number of aliphatic hydroxyl groups excluding tert-OH is 1. The largest absolute Gasteiger partial charge is 0.493 e. The summed E-state index contributed by atoms with van der Waals surface area (Å²) in [6.45, 7) is 5.80. The molecule has 3 aromatic rings. The van der Waals surface area contributed by atoms with Crippen LogP contribution in [0.25, 0.3) is 22.4 Å². The second kappa shape index (κ2) is 10.7. The number of hydrogen-bond acceptors (Lipinski definition) is 8. The summed E-state index contributed by atoms with van der Waals surface area (Å²) in [6, 6.07) is 4.76. The Labute approximate surface area is 210 Å². The number of likely N-dealkylation sites (N-methyl/N-ethyl adjacent to an activating group) is 1. The Hall–Kier alpha value is -2.80. The summed E-state index contributed by atoms with van der Waals surface area (Å²) in [5.41, 5.74) is 1.66. The molecule has 2 aromatic heterocycles. The van der Waals surface area contributed by atoms with Gasteiger partial charge in [-0.25, -0.2) is 13.4 Å². The standard InChI is InChI=1S/C24H34N6O5S/c1-5-8-19-21-22(29(4)27-19)24(32)26-23(25-21)18-13-17(9-10-20(18)35-6-2)36(33,34)30-14-16(15-30)28(3)11-7-12-31/h9-10,13,16,31H,5-8,11-12,14-15H2,1-4H3,(H,25,26,32). The van der Waals surface area contributed by atoms with Gasteiger partial charge in [-0.1, -0.05) is 13.3 Å². The first-order chi connectivity index (χ1) is 17.2. The number of aliphatic hydroxyl groups is 1. The average molecular weight is 519 g/mol. The first-order valence-corrected chi connectivity index (χ1v) is 13.7. The lowest BCUT2D eigenvalue weighted by Gasteiger charge is -2.43. The van der Waals surface area contributed by atoms with Crippen molar-refractivity contribution in [2.24, 2.45) is 7.05 Å². The molecule has 4 rings (SSSR count). The zero-order chi connectivity index (χ0) is 26.0. The second-order valence-electron chi connectivity index (χ2n) is 9.06. The van der Waals surface area contributed by atoms with Gasteiger partial charge in [0, 0.05) is 39.3 Å². The number of aromatic nitrogens is 4. The predicted octanol–water partition coefficient (Wildman–Crippen LogP) is 1.36. The maximum absolute atomic E-state index is 13.4. The lowest BCUT2D eigenvalue weighted by Crippen LogP contribution is -2.60. The molecule has 0 unspecified atom stereocenters. The molecule has 1 fully saturated rings. The summed E-state index contributed by atoms with van der Waals surface area (Å²) in [7, 11) is -0.111. The van der Waals surface area contributed by atoms with Gasteiger partial charge in [0.05, 0.1) is 22.8 Å². The highest BCUT2D eigenvalue weighted by Crippen LogP contribution is 2.33. The molecule has 0 radical (unpaired) electrons. The highest BCUT2D eigenvalue weighted by atomic mass is 32.2. The molecule has 1 saturated heterocycles. The minimum absolute atomic E-state index is 0.106. The lowest BCUT2D eigenvalue weighted by molar-refractivity contribution is 0.104. The van der Waals surface area contributed by atoms with E-state index < -0.39 is 10.0 Å². The molecule has 0 amide bonds. The minimum Gasteiger partial charge on any atom is -0.493 e. The number of hydrogen-bond donors (Lipinski definition) is 2. The molecule has 1 aliphatic rings. The number of aryl methyl sites for hydroxylation is 2. The average Bonchev–Trinajstić information content (AvgIpc) is 3.12. The van der Waals surface area contributed by atoms with E-state index >= 15 is 0 Å². The molecule has 0 aliphatic carbocycles. The van der Waals surface area contributed by atoms with Crippen LogP contribution in [0.4, 0.5) is 0 Å². The fourth-order valence-corrected chi connectivity index (χ4v) is 6.00. The van der Waals surface area contributed by atoms with Crippen LogP contribution in [0.3, 0.4) is 0 Å². The third kappa shape index (κ3) is 4.90. The van der Waals surface area contributed by atoms with E-state index in [0.29, 0.717) is 61.4 Å². The van der Waals surface area contributed by atoms with Crippen LogP contribution in [0.1, 0.15) is 32.4 Å². The number of sulfonamides is 1. The van der Waals surface area contributed by atoms with Gasteiger partial charge in [0.2, 0.25) is 10.0 Å². The van der Waals surface area contributed by atoms with Crippen molar-refractivity contribution < 1.29 is 18.3 Å². The molecule has 11 nitrogen and oxygen atoms in total. The van der Waals surface area contributed by atoms with Crippen molar-refractivity contribution in [3.63, 3.8) is 0 Å². The minimum atomic E-state index is -3.75. The Bertz CT molecular complexity index is 1390. The van der Waals surface area contributed by atoms with Crippen LogP contribution < -0.4 is 10.3 Å². The van der Waals surface area contributed by atoms with Crippen LogP contribution >= 0.6 is 0 Å². The lowest BCUT2D eigenvalue weighted by atomic mass is 10.1. The third-order valence-electron chi connectivity index (χ3n) is 6.51. The van der Waals surface area contributed by atoms with Gasteiger partial charge in [-0.3, -0.25) is 9.48 Å². The monoisotopic (exact) mass is 518 g/mol. The predicted molar refractivity (Wildman–Crippen MR) is 137 cm³/mol. The Balaban J connectivity index is 1.71. The molecule has 3 heterocycles. The SMILES string of the molecule is CCCc1nn(C)c2c(=O)[nH]c(-c3cc(S(=O)(=O)N4CC(N(C)CCCO)C4)ccc3OCC)nc12. The topological polar surface area (TPSA) is 134 Å². The van der Waals surface area contributed by atoms with Gasteiger partial charge in [0.25, 0.3) is 5.56 Å². The third-order valence-corrected chi connectivity index (χ3v) is 8.34. The van der Waals surface area contributed by atoms with Gasteiger partial charge in [0.15, 0.2) is 5.52 Å². The van der Waals surface area contributed by atoms with Crippen LogP contribution in [0.2, 0.25) is 0 Å². The van der Waals surface area contributed by atoms with Gasteiger partial charge in [-0.2, -0.15) is 9.40 Å². The van der Waals surface area contributed by atoms with Gasteiger partial charge in [-0.15, -0.1) is 0 Å². The molecule has 0 bridgehead atoms. The van der Waals surface area contributed by atoms with Crippen molar-refractivity contribution >= 4 is 21.1 Å². The number of aromatic amines is 1. The second-order valence-corrected chi connectivity index (χ2v) is 11.0. The molecule has 0 spiro atoms. The van der Waals surface area contributed by atoms with Gasteiger partial charge in [-0.05, 0) is 45.0 Å². The van der Waals surface area contributed by atoms with Crippen LogP contribution in [0.15, 0.2) is 27.9 Å². The van der Waals surface area contributed by atoms with E-state index in [1.54, 1.807) is 13.1 Å². The zero-order valence-electron chi connectivity index (χ0n) is 21.2. The molecular weight excluding hydrogens is 484 g/mol. The summed E-state index contributed by atoms with van der Waals surface area (Å²) < 4.78 is 35.5. The maximum Gasteiger partial charge on any atom is 0.277 e. The van der Waals surface area contributed by atoms with E-state index in [-0.39, 0.29) is 28.9 Å². The fourth-order valence-electron chi connectivity index (χ4n) is 4.46. The van der Waals surface area contributed by atoms with Crippen molar-refractivity contribution in [2.45, 2.75) is 44.0 Å². The number of rotatable bonds is 11. The highest BCUT2D eigenvalue weighted by molar-refractivity contribution is 7.89. The van der Waals surface area contributed by atoms with Crippen molar-refractivity contribution in [3.05, 3.63) is 34.2 Å². The van der Waals surface area contributed by atoms with Crippen molar-refractivity contribution in [1.29, 1.82) is 0 Å². The normalized spacial score (nSPS) is 15.1. The van der Waals surface area contributed by atoms with Crippen LogP contribution in [-0.2, 0) is 23.5 Å². The van der Waals surface area contributed by atoms with E-state index in [9.17, 15) is 13.2 Å². The van der Waals surface area contributed by atoms with Crippen LogP contribution in [0, 0.1) is 0 Å². The summed E-state index contributed by atoms with van der Waals surface area (Å²) in [5.74, 6) is 0.675. The van der Waals surface area contributed by atoms with Gasteiger partial charge < -0.3 is 19.7 Å². The van der Waals surface area contributed by atoms with E-state index in [4.69, 9.17) is 14.8 Å². The number of nitrogens with zero attached hydrogens (tertiary/aromatic N) is 5. The first-order valence-electron chi connectivity index (χ1n) is 12.3. The molecule has 1 aliphatic heterocycles. The van der Waals surface area contributed by atoms with E-state index in [0.717, 1.165) is 12.1 Å². The Morgan fingerprint density at radius 2 is 2.03 bits per heavy atom. The van der Waals surface area contributed by atoms with Crippen molar-refractivity contribution in [2.75, 3.05) is 39.9 Å². The van der Waals surface area contributed by atoms with Crippen LogP contribution in [-0.4, -0.2) is 88.4 Å². The van der Waals surface area contributed by atoms with Crippen molar-refractivity contribution in [3.8, 4) is 17.1 Å². The number of benzene rings is 1. The molecule has 12 heteroatoms. The summed E-state index contributed by atoms with van der Waals surface area (Å²) in [4.78, 5) is 22.6. The summed E-state index contributed by atoms with van der Waals surface area (Å²) >= 11 is 0. The van der Waals surface area contributed by atoms with E-state index in [1.165, 1.54) is 21.1 Å². The van der Waals surface area contributed by atoms with Crippen LogP contribution in [0.5, 0.6) is 5.75 Å². The molecule has 36 heavy (non-hydrogen) atoms. The molecule has 0 atom stereocenters. The Morgan fingerprint density at radius 3 is 2.69 bits per heavy atom. The summed E-state index contributed by atoms with van der Waals surface area (Å²) in [6.07, 6.45) is 2.16. The summed E-state index contributed by atoms with van der Waals surface area (Å²) in [5, 5.41) is 13.5. The number of ether oxygens (including phenoxy) is 1. The Kier molecular flexibility index (Phi) is 7.79. The quantitative estimate of drug-likeness (QED) is 0.389. The smallest absolute Gasteiger partial charge is 0.277 e. The molecule has 196 valence electrons. The van der Waals surface area contributed by atoms with Gasteiger partial charge in [0.1, 0.15) is 17.1 Å². The van der Waals surface area contributed by atoms with E-state index in [1.807, 2.05) is 20.9 Å². The van der Waals surface area contributed by atoms with Gasteiger partial charge >= 0.3 is 0 Å². The zero-order valence-corrected chi connectivity index (χ0v) is 22.0. The number of fused-ring (bicyclic) bond motifs is 1. The fraction of sp³-hybridized carbons (Fsp3) is 0.542. The molecule has 1 aromatic carbocycles. The highest BCUT2D eigenvalue weighted by Gasteiger charge is 2.38. The molecule has 0 saturated carbocycles. The first kappa shape index (κ1) is 26.3. The maximum atomic E-state index is 13.4. The molecule has 2 N–H and O–H groups in total.